The average molecular weight is 225 g/mol. The lowest BCUT2D eigenvalue weighted by molar-refractivity contribution is 0.297. The van der Waals surface area contributed by atoms with Gasteiger partial charge in [0.15, 0.2) is 0 Å². The normalized spacial score (nSPS) is 19.0. The Kier molecular flexibility index (Phi) is 4.11. The third-order valence-corrected chi connectivity index (χ3v) is 3.93. The number of nitrogens with zero attached hydrogens (tertiary/aromatic N) is 2. The molecule has 1 aromatic heterocycles. The predicted octanol–water partition coefficient (Wildman–Crippen LogP) is 1.29. The van der Waals surface area contributed by atoms with Crippen LogP contribution in [-0.2, 0) is 6.42 Å². The molecule has 0 unspecified atom stereocenters. The maximum Gasteiger partial charge on any atom is 0.0797 e. The van der Waals surface area contributed by atoms with Crippen molar-refractivity contribution in [3.05, 3.63) is 16.1 Å². The molecule has 4 heteroatoms. The van der Waals surface area contributed by atoms with Gasteiger partial charge in [-0.2, -0.15) is 0 Å². The second-order valence-corrected chi connectivity index (χ2v) is 5.00. The van der Waals surface area contributed by atoms with Crippen molar-refractivity contribution in [1.82, 2.24) is 15.2 Å². The lowest BCUT2D eigenvalue weighted by Crippen LogP contribution is -2.30. The van der Waals surface area contributed by atoms with E-state index < -0.39 is 0 Å². The molecule has 0 bridgehead atoms. The molecule has 1 saturated heterocycles. The molecule has 3 nitrogen and oxygen atoms in total. The van der Waals surface area contributed by atoms with Crippen molar-refractivity contribution in [3.63, 3.8) is 0 Å². The van der Waals surface area contributed by atoms with Gasteiger partial charge < -0.3 is 10.2 Å². The van der Waals surface area contributed by atoms with E-state index >= 15 is 0 Å². The Morgan fingerprint density at radius 1 is 1.47 bits per heavy atom. The smallest absolute Gasteiger partial charge is 0.0797 e. The Morgan fingerprint density at radius 3 is 3.20 bits per heavy atom. The zero-order valence-electron chi connectivity index (χ0n) is 9.33. The van der Waals surface area contributed by atoms with E-state index in [0.29, 0.717) is 0 Å². The van der Waals surface area contributed by atoms with Crippen LogP contribution in [0.4, 0.5) is 0 Å². The summed E-state index contributed by atoms with van der Waals surface area (Å²) in [5.41, 5.74) is 3.17. The van der Waals surface area contributed by atoms with Gasteiger partial charge >= 0.3 is 0 Å². The highest BCUT2D eigenvalue weighted by Crippen LogP contribution is 2.13. The molecule has 1 fully saturated rings. The number of nitrogens with one attached hydrogen (secondary N) is 1. The van der Waals surface area contributed by atoms with Crippen LogP contribution in [0.1, 0.15) is 17.0 Å². The molecule has 2 rings (SSSR count). The fourth-order valence-corrected chi connectivity index (χ4v) is 2.72. The predicted molar refractivity (Wildman–Crippen MR) is 64.5 cm³/mol. The lowest BCUT2D eigenvalue weighted by atomic mass is 10.3. The Labute approximate surface area is 95.5 Å². The first-order chi connectivity index (χ1) is 7.36. The van der Waals surface area contributed by atoms with Gasteiger partial charge in [0.2, 0.25) is 0 Å². The van der Waals surface area contributed by atoms with Gasteiger partial charge in [-0.05, 0) is 32.9 Å². The molecule has 0 aliphatic carbocycles. The highest BCUT2D eigenvalue weighted by molar-refractivity contribution is 7.09. The summed E-state index contributed by atoms with van der Waals surface area (Å²) in [4.78, 5) is 8.29. The fraction of sp³-hybridized carbons (Fsp3) is 0.727. The molecule has 0 aromatic carbocycles. The van der Waals surface area contributed by atoms with Gasteiger partial charge in [-0.25, -0.2) is 4.98 Å². The SMILES string of the molecule is Cc1ncsc1CCN1CCCNCC1. The van der Waals surface area contributed by atoms with E-state index in [1.54, 1.807) is 11.3 Å². The topological polar surface area (TPSA) is 28.2 Å². The second-order valence-electron chi connectivity index (χ2n) is 4.06. The van der Waals surface area contributed by atoms with E-state index in [1.807, 2.05) is 5.51 Å². The van der Waals surface area contributed by atoms with Gasteiger partial charge in [-0.15, -0.1) is 11.3 Å². The summed E-state index contributed by atoms with van der Waals surface area (Å²) in [6, 6.07) is 0. The van der Waals surface area contributed by atoms with E-state index in [-0.39, 0.29) is 0 Å². The fourth-order valence-electron chi connectivity index (χ4n) is 1.95. The van der Waals surface area contributed by atoms with Crippen LogP contribution in [0.3, 0.4) is 0 Å². The molecule has 0 amide bonds. The quantitative estimate of drug-likeness (QED) is 0.840. The highest BCUT2D eigenvalue weighted by atomic mass is 32.1. The third-order valence-electron chi connectivity index (χ3n) is 2.93. The summed E-state index contributed by atoms with van der Waals surface area (Å²) in [5, 5.41) is 3.43. The minimum Gasteiger partial charge on any atom is -0.315 e. The summed E-state index contributed by atoms with van der Waals surface area (Å²) >= 11 is 1.79. The van der Waals surface area contributed by atoms with E-state index in [4.69, 9.17) is 0 Å². The Morgan fingerprint density at radius 2 is 2.40 bits per heavy atom. The van der Waals surface area contributed by atoms with E-state index in [2.05, 4.69) is 22.1 Å². The summed E-state index contributed by atoms with van der Waals surface area (Å²) in [6.07, 6.45) is 2.44. The van der Waals surface area contributed by atoms with Crippen LogP contribution < -0.4 is 5.32 Å². The maximum absolute atomic E-state index is 4.29. The van der Waals surface area contributed by atoms with Crippen LogP contribution in [0.5, 0.6) is 0 Å². The first-order valence-corrected chi connectivity index (χ1v) is 6.56. The number of aryl methyl sites for hydroxylation is 1. The van der Waals surface area contributed by atoms with Crippen molar-refractivity contribution in [1.29, 1.82) is 0 Å². The van der Waals surface area contributed by atoms with Crippen molar-refractivity contribution in [2.75, 3.05) is 32.7 Å². The van der Waals surface area contributed by atoms with Crippen LogP contribution >= 0.6 is 11.3 Å². The summed E-state index contributed by atoms with van der Waals surface area (Å²) in [6.45, 7) is 8.04. The van der Waals surface area contributed by atoms with Gasteiger partial charge in [0.25, 0.3) is 0 Å². The first kappa shape index (κ1) is 11.0. The third kappa shape index (κ3) is 3.26. The largest absolute Gasteiger partial charge is 0.315 e. The molecule has 1 aliphatic rings. The molecule has 2 heterocycles. The standard InChI is InChI=1S/C11H19N3S/c1-10-11(15-9-13-10)3-7-14-6-2-4-12-5-8-14/h9,12H,2-8H2,1H3. The summed E-state index contributed by atoms with van der Waals surface area (Å²) in [7, 11) is 0. The maximum atomic E-state index is 4.29. The molecule has 0 radical (unpaired) electrons. The minimum atomic E-state index is 1.14. The number of thiazole rings is 1. The van der Waals surface area contributed by atoms with Crippen LogP contribution in [0, 0.1) is 6.92 Å². The van der Waals surface area contributed by atoms with E-state index in [1.165, 1.54) is 43.2 Å². The zero-order chi connectivity index (χ0) is 10.5. The Bertz CT molecular complexity index is 290. The van der Waals surface area contributed by atoms with Crippen molar-refractivity contribution >= 4 is 11.3 Å². The number of hydrogen-bond acceptors (Lipinski definition) is 4. The minimum absolute atomic E-state index is 1.14. The van der Waals surface area contributed by atoms with Gasteiger partial charge in [0.05, 0.1) is 11.2 Å². The molecule has 0 saturated carbocycles. The molecule has 1 aromatic rings. The molecular weight excluding hydrogens is 206 g/mol. The van der Waals surface area contributed by atoms with Crippen LogP contribution in [0.15, 0.2) is 5.51 Å². The van der Waals surface area contributed by atoms with Crippen LogP contribution in [0.25, 0.3) is 0 Å². The monoisotopic (exact) mass is 225 g/mol. The summed E-state index contributed by atoms with van der Waals surface area (Å²) in [5.74, 6) is 0. The van der Waals surface area contributed by atoms with E-state index in [0.717, 1.165) is 13.0 Å². The van der Waals surface area contributed by atoms with Crippen molar-refractivity contribution in [3.8, 4) is 0 Å². The molecule has 84 valence electrons. The van der Waals surface area contributed by atoms with Crippen LogP contribution in [-0.4, -0.2) is 42.6 Å². The molecular formula is C11H19N3S. The van der Waals surface area contributed by atoms with Crippen molar-refractivity contribution in [2.45, 2.75) is 19.8 Å². The number of rotatable bonds is 3. The van der Waals surface area contributed by atoms with Gasteiger partial charge in [0.1, 0.15) is 0 Å². The highest BCUT2D eigenvalue weighted by Gasteiger charge is 2.09. The zero-order valence-corrected chi connectivity index (χ0v) is 10.1. The van der Waals surface area contributed by atoms with Gasteiger partial charge in [-0.3, -0.25) is 0 Å². The average Bonchev–Trinajstić information content (AvgIpc) is 2.53. The second kappa shape index (κ2) is 5.58. The molecule has 1 N–H and O–H groups in total. The van der Waals surface area contributed by atoms with Gasteiger partial charge in [-0.1, -0.05) is 0 Å². The van der Waals surface area contributed by atoms with Crippen LogP contribution in [0.2, 0.25) is 0 Å². The molecule has 1 aliphatic heterocycles. The Hall–Kier alpha value is -0.450. The Balaban J connectivity index is 1.79. The number of aromatic nitrogens is 1. The first-order valence-electron chi connectivity index (χ1n) is 5.68. The van der Waals surface area contributed by atoms with Crippen molar-refractivity contribution < 1.29 is 0 Å². The van der Waals surface area contributed by atoms with Gasteiger partial charge in [0, 0.05) is 24.5 Å². The van der Waals surface area contributed by atoms with Crippen molar-refractivity contribution in [2.24, 2.45) is 0 Å². The van der Waals surface area contributed by atoms with E-state index in [9.17, 15) is 0 Å². The lowest BCUT2D eigenvalue weighted by Gasteiger charge is -2.18. The molecule has 15 heavy (non-hydrogen) atoms. The molecule has 0 spiro atoms. The number of hydrogen-bond donors (Lipinski definition) is 1. The molecule has 0 atom stereocenters. The summed E-state index contributed by atoms with van der Waals surface area (Å²) < 4.78 is 0.